The molecule has 5 aliphatic heterocycles. The van der Waals surface area contributed by atoms with E-state index in [0.29, 0.717) is 0 Å². The second-order valence-corrected chi connectivity index (χ2v) is 13.9. The summed E-state index contributed by atoms with van der Waals surface area (Å²) in [5.41, 5.74) is 0. The molecule has 21 N–H and O–H groups in total. The molecule has 5 fully saturated rings. The van der Waals surface area contributed by atoms with Crippen LogP contribution >= 0.6 is 0 Å². The Morgan fingerprint density at radius 1 is 0.397 bits per heavy atom. The normalized spacial score (nSPS) is 50.7. The van der Waals surface area contributed by atoms with Crippen molar-refractivity contribution in [2.45, 2.75) is 140 Å². The van der Waals surface area contributed by atoms with Crippen molar-refractivity contribution in [3.8, 4) is 0 Å². The molecule has 0 amide bonds. The molecule has 0 bridgehead atoms. The molecule has 28 heteroatoms. The van der Waals surface area contributed by atoms with E-state index >= 15 is 0 Å². The molecule has 5 aliphatic rings. The van der Waals surface area contributed by atoms with Crippen LogP contribution in [0.2, 0.25) is 0 Å². The van der Waals surface area contributed by atoms with Crippen LogP contribution in [0.3, 0.4) is 0 Å². The number of rotatable bonds is 11. The Morgan fingerprint density at radius 2 is 0.845 bits per heavy atom. The van der Waals surface area contributed by atoms with Gasteiger partial charge in [-0.15, -0.1) is 0 Å². The minimum atomic E-state index is -2.22. The Bertz CT molecular complexity index is 1200. The molecule has 0 aromatic heterocycles. The number of ether oxygens (including phenoxy) is 7. The summed E-state index contributed by atoms with van der Waals surface area (Å²) in [6.07, 6.45) is -32.3. The zero-order valence-electron chi connectivity index (χ0n) is 30.3. The van der Waals surface area contributed by atoms with Crippen LogP contribution in [-0.4, -0.2) is 294 Å². The third kappa shape index (κ3) is 10.7. The molecule has 0 saturated carbocycles. The van der Waals surface area contributed by atoms with Gasteiger partial charge in [0, 0.05) is 0 Å². The Hall–Kier alpha value is -1.12. The maximum absolute atomic E-state index is 10.00. The van der Waals surface area contributed by atoms with Gasteiger partial charge < -0.3 is 140 Å². The lowest BCUT2D eigenvalue weighted by atomic mass is 9.97. The van der Waals surface area contributed by atoms with E-state index in [2.05, 4.69) is 4.74 Å². The first kappa shape index (κ1) is 51.2. The summed E-state index contributed by atoms with van der Waals surface area (Å²) in [5.74, 6) is -4.38. The van der Waals surface area contributed by atoms with Gasteiger partial charge in [-0.3, -0.25) is 0 Å². The lowest BCUT2D eigenvalue weighted by Gasteiger charge is -2.45. The van der Waals surface area contributed by atoms with E-state index < -0.39 is 187 Å². The molecule has 0 aliphatic carbocycles. The van der Waals surface area contributed by atoms with Crippen molar-refractivity contribution in [2.24, 2.45) is 0 Å². The fourth-order valence-electron chi connectivity index (χ4n) is 6.35. The number of aliphatic hydroxyl groups excluding tert-OH is 20. The Labute approximate surface area is 327 Å². The largest absolute Gasteiger partial charge is 0.394 e. The summed E-state index contributed by atoms with van der Waals surface area (Å²) in [6, 6.07) is 0. The first-order valence-electron chi connectivity index (χ1n) is 17.7. The van der Waals surface area contributed by atoms with Crippen LogP contribution in [0.4, 0.5) is 0 Å². The van der Waals surface area contributed by atoms with Gasteiger partial charge in [-0.2, -0.15) is 0 Å². The van der Waals surface area contributed by atoms with Crippen LogP contribution in [0, 0.1) is 0 Å². The molecule has 5 heterocycles. The second kappa shape index (κ2) is 21.8. The van der Waals surface area contributed by atoms with Crippen molar-refractivity contribution >= 4 is 0 Å². The quantitative estimate of drug-likeness (QED) is 0.0917. The monoisotopic (exact) mass is 864 g/mol. The molecule has 58 heavy (non-hydrogen) atoms. The third-order valence-electron chi connectivity index (χ3n) is 9.98. The van der Waals surface area contributed by atoms with Crippen molar-refractivity contribution in [1.82, 2.24) is 0 Å². The number of hydrogen-bond donors (Lipinski definition) is 21. The van der Waals surface area contributed by atoms with E-state index in [1.165, 1.54) is 0 Å². The van der Waals surface area contributed by atoms with Crippen molar-refractivity contribution < 1.29 is 140 Å². The van der Waals surface area contributed by atoms with E-state index in [9.17, 15) is 71.5 Å². The predicted molar refractivity (Wildman–Crippen MR) is 173 cm³/mol. The lowest BCUT2D eigenvalue weighted by molar-refractivity contribution is -0.383. The molecule has 0 aromatic rings. The standard InChI is InChI=1S/2C12H22O11.C6H12O6/c13-1-4-6(16)8(18)9(19)11(21-4)23-12(3-15)10(20)7(17)5(2-14)22-12;13-1-3-5(15)6(16)9(19)12(22-3)23-10-4(2-14)21-11(20)8(18)7(10)17;7-1-3-4(9)5(10)6(11,2-8)12-3/h4-11,13-20H,1-3H2;3-20H,1-2H2;3-5,7-11H,1-2H2/t4-,5-,6-,7-,8+,9-,10+,11-,12+;3-,4-,5+,6+,7-,8-,9-,10-,11-,12+;3-,4-,5+,6-/m111/s1. The second-order valence-electron chi connectivity index (χ2n) is 13.9. The molecule has 28 nitrogen and oxygen atoms in total. The summed E-state index contributed by atoms with van der Waals surface area (Å²) in [5, 5.41) is 198. The highest BCUT2D eigenvalue weighted by Gasteiger charge is 2.59. The summed E-state index contributed by atoms with van der Waals surface area (Å²) < 4.78 is 35.3. The smallest absolute Gasteiger partial charge is 0.224 e. The van der Waals surface area contributed by atoms with Gasteiger partial charge in [-0.1, -0.05) is 0 Å². The molecule has 0 radical (unpaired) electrons. The Morgan fingerprint density at radius 3 is 1.26 bits per heavy atom. The van der Waals surface area contributed by atoms with Crippen molar-refractivity contribution in [3.05, 3.63) is 0 Å². The minimum absolute atomic E-state index is 0.527. The zero-order chi connectivity index (χ0) is 44.0. The molecule has 344 valence electrons. The van der Waals surface area contributed by atoms with E-state index in [1.54, 1.807) is 0 Å². The lowest BCUT2D eigenvalue weighted by Crippen LogP contribution is -2.64. The first-order valence-corrected chi connectivity index (χ1v) is 17.7. The number of hydrogen-bond acceptors (Lipinski definition) is 28. The Kier molecular flexibility index (Phi) is 19.2. The molecule has 23 atom stereocenters. The van der Waals surface area contributed by atoms with Crippen molar-refractivity contribution in [1.29, 1.82) is 0 Å². The number of aliphatic hydroxyl groups is 21. The van der Waals surface area contributed by atoms with Crippen LogP contribution in [0.1, 0.15) is 0 Å². The molecule has 0 unspecified atom stereocenters. The SMILES string of the molecule is OC[C@H]1O[C@@H](O[C@H]2[C@H](O)[C@@H](O)[C@H](O)O[C@@H]2CO)[C@H](O)[C@@H](O)[C@H]1O.OC[C@H]1O[C@@](CO)(O[C@H]2O[C@H](CO)[C@@H](O)[C@H](O)[C@H]2O)[C@@H](O)[C@@H]1O.OC[C@H]1O[C@](O)(CO)[C@@H](O)[C@@H]1O. The first-order chi connectivity index (χ1) is 27.2. The molecular formula is C30H56O28. The Balaban J connectivity index is 0.000000245. The van der Waals surface area contributed by atoms with Crippen molar-refractivity contribution in [2.75, 3.05) is 46.2 Å². The summed E-state index contributed by atoms with van der Waals surface area (Å²) >= 11 is 0. The highest BCUT2D eigenvalue weighted by atomic mass is 16.8. The summed E-state index contributed by atoms with van der Waals surface area (Å²) in [6.45, 7) is -5.03. The highest BCUT2D eigenvalue weighted by Crippen LogP contribution is 2.36. The van der Waals surface area contributed by atoms with Gasteiger partial charge in [0.05, 0.1) is 39.6 Å². The van der Waals surface area contributed by atoms with Gasteiger partial charge >= 0.3 is 0 Å². The van der Waals surface area contributed by atoms with Gasteiger partial charge in [-0.25, -0.2) is 0 Å². The van der Waals surface area contributed by atoms with Crippen molar-refractivity contribution in [3.63, 3.8) is 0 Å². The van der Waals surface area contributed by atoms with Gasteiger partial charge in [-0.05, 0) is 0 Å². The third-order valence-corrected chi connectivity index (χ3v) is 9.98. The van der Waals surface area contributed by atoms with E-state index in [1.807, 2.05) is 0 Å². The zero-order valence-corrected chi connectivity index (χ0v) is 30.3. The average molecular weight is 865 g/mol. The van der Waals surface area contributed by atoms with E-state index in [4.69, 9.17) is 64.2 Å². The average Bonchev–Trinajstić information content (AvgIpc) is 3.60. The predicted octanol–water partition coefficient (Wildman–Crippen LogP) is -14.0. The summed E-state index contributed by atoms with van der Waals surface area (Å²) in [7, 11) is 0. The van der Waals surface area contributed by atoms with Crippen LogP contribution in [0.5, 0.6) is 0 Å². The molecule has 0 aromatic carbocycles. The topological polar surface area (TPSA) is 489 Å². The van der Waals surface area contributed by atoms with Gasteiger partial charge in [0.25, 0.3) is 0 Å². The highest BCUT2D eigenvalue weighted by molar-refractivity contribution is 4.99. The maximum Gasteiger partial charge on any atom is 0.224 e. The molecular weight excluding hydrogens is 808 g/mol. The summed E-state index contributed by atoms with van der Waals surface area (Å²) in [4.78, 5) is 0. The maximum atomic E-state index is 10.00. The van der Waals surface area contributed by atoms with Crippen LogP contribution in [0.15, 0.2) is 0 Å². The fourth-order valence-corrected chi connectivity index (χ4v) is 6.35. The van der Waals surface area contributed by atoms with Crippen LogP contribution < -0.4 is 0 Å². The van der Waals surface area contributed by atoms with Crippen LogP contribution in [-0.2, 0) is 33.2 Å². The molecule has 0 spiro atoms. The minimum Gasteiger partial charge on any atom is -0.394 e. The van der Waals surface area contributed by atoms with Gasteiger partial charge in [0.1, 0.15) is 116 Å². The fraction of sp³-hybridized carbons (Fsp3) is 1.00. The van der Waals surface area contributed by atoms with Gasteiger partial charge in [0.15, 0.2) is 18.9 Å². The van der Waals surface area contributed by atoms with E-state index in [0.717, 1.165) is 0 Å². The van der Waals surface area contributed by atoms with E-state index in [-0.39, 0.29) is 0 Å². The van der Waals surface area contributed by atoms with Gasteiger partial charge in [0.2, 0.25) is 11.6 Å². The molecule has 5 rings (SSSR count). The van der Waals surface area contributed by atoms with Crippen LogP contribution in [0.25, 0.3) is 0 Å². The molecule has 5 saturated heterocycles.